The van der Waals surface area contributed by atoms with Crippen molar-refractivity contribution < 1.29 is 4.94 Å². The van der Waals surface area contributed by atoms with Gasteiger partial charge in [0.15, 0.2) is 17.6 Å². The molecule has 64 valence electrons. The molecular formula is C4H7N7O. The standard InChI is InChI=1S/C4H7N7O/c5-3(6)9-4-7-1-2(8-4)11-12-10-1/h10-11H,(H5,5,6,7,8,9). The number of anilines is 2. The van der Waals surface area contributed by atoms with Crippen molar-refractivity contribution in [1.29, 1.82) is 0 Å². The van der Waals surface area contributed by atoms with Crippen LogP contribution in [0.15, 0.2) is 4.99 Å². The fourth-order valence-electron chi connectivity index (χ4n) is 0.809. The van der Waals surface area contributed by atoms with Gasteiger partial charge in [-0.15, -0.1) is 0 Å². The molecule has 0 atom stereocenters. The molecule has 0 fully saturated rings. The van der Waals surface area contributed by atoms with Gasteiger partial charge in [-0.2, -0.15) is 14.9 Å². The molecule has 0 unspecified atom stereocenters. The summed E-state index contributed by atoms with van der Waals surface area (Å²) in [6, 6.07) is 0. The smallest absolute Gasteiger partial charge is 0.233 e. The number of fused-ring (bicyclic) bond motifs is 1. The predicted octanol–water partition coefficient (Wildman–Crippen LogP) is -1.00. The number of hydrogen-bond acceptors (Lipinski definition) is 5. The fraction of sp³-hybridized carbons (Fsp3) is 0. The Morgan fingerprint density at radius 2 is 2.25 bits per heavy atom. The van der Waals surface area contributed by atoms with Gasteiger partial charge in [0.2, 0.25) is 5.95 Å². The van der Waals surface area contributed by atoms with E-state index in [1.807, 2.05) is 0 Å². The molecule has 8 heteroatoms. The lowest BCUT2D eigenvalue weighted by atomic mass is 10.7. The molecule has 12 heavy (non-hydrogen) atoms. The SMILES string of the molecule is NC(N)=Nc1nc2c([nH]1)NON2. The summed E-state index contributed by atoms with van der Waals surface area (Å²) >= 11 is 0. The molecule has 8 nitrogen and oxygen atoms in total. The van der Waals surface area contributed by atoms with E-state index in [-0.39, 0.29) is 5.96 Å². The zero-order chi connectivity index (χ0) is 8.55. The lowest BCUT2D eigenvalue weighted by Crippen LogP contribution is -2.22. The summed E-state index contributed by atoms with van der Waals surface area (Å²) in [6.07, 6.45) is 0. The molecule has 1 aliphatic heterocycles. The van der Waals surface area contributed by atoms with Gasteiger partial charge in [0, 0.05) is 0 Å². The quantitative estimate of drug-likeness (QED) is 0.271. The van der Waals surface area contributed by atoms with Gasteiger partial charge >= 0.3 is 0 Å². The number of hydrogen-bond donors (Lipinski definition) is 5. The third-order valence-corrected chi connectivity index (χ3v) is 1.23. The summed E-state index contributed by atoms with van der Waals surface area (Å²) in [5.41, 5.74) is 15.3. The number of nitrogens with zero attached hydrogens (tertiary/aromatic N) is 2. The Bertz CT molecular complexity index is 303. The molecule has 7 N–H and O–H groups in total. The zero-order valence-corrected chi connectivity index (χ0v) is 5.96. The van der Waals surface area contributed by atoms with Crippen LogP contribution in [0.25, 0.3) is 0 Å². The molecule has 2 heterocycles. The average Bonchev–Trinajstić information content (AvgIpc) is 2.43. The maximum atomic E-state index is 5.14. The Kier molecular flexibility index (Phi) is 1.27. The number of guanidine groups is 1. The van der Waals surface area contributed by atoms with E-state index >= 15 is 0 Å². The minimum absolute atomic E-state index is 0.0525. The summed E-state index contributed by atoms with van der Waals surface area (Å²) in [7, 11) is 0. The number of H-pyrrole nitrogens is 1. The van der Waals surface area contributed by atoms with Crippen LogP contribution in [-0.4, -0.2) is 15.9 Å². The van der Waals surface area contributed by atoms with E-state index in [0.29, 0.717) is 17.6 Å². The molecule has 1 aromatic rings. The van der Waals surface area contributed by atoms with Crippen molar-refractivity contribution in [2.45, 2.75) is 0 Å². The normalized spacial score (nSPS) is 13.0. The minimum Gasteiger partial charge on any atom is -0.370 e. The Hall–Kier alpha value is -1.96. The van der Waals surface area contributed by atoms with E-state index in [4.69, 9.17) is 11.5 Å². The summed E-state index contributed by atoms with van der Waals surface area (Å²) in [5, 5.41) is 0. The van der Waals surface area contributed by atoms with Crippen LogP contribution >= 0.6 is 0 Å². The van der Waals surface area contributed by atoms with Gasteiger partial charge in [0.1, 0.15) is 0 Å². The highest BCUT2D eigenvalue weighted by atomic mass is 16.8. The van der Waals surface area contributed by atoms with E-state index in [2.05, 4.69) is 30.9 Å². The molecule has 0 bridgehead atoms. The van der Waals surface area contributed by atoms with Gasteiger partial charge in [-0.3, -0.25) is 0 Å². The average molecular weight is 169 g/mol. The van der Waals surface area contributed by atoms with E-state index in [9.17, 15) is 0 Å². The van der Waals surface area contributed by atoms with Crippen LogP contribution in [0.1, 0.15) is 0 Å². The van der Waals surface area contributed by atoms with E-state index in [0.717, 1.165) is 0 Å². The van der Waals surface area contributed by atoms with Crippen molar-refractivity contribution >= 4 is 23.5 Å². The molecule has 1 aromatic heterocycles. The Labute approximate surface area is 66.9 Å². The van der Waals surface area contributed by atoms with Crippen LogP contribution < -0.4 is 22.4 Å². The van der Waals surface area contributed by atoms with Gasteiger partial charge in [0.25, 0.3) is 0 Å². The molecule has 0 spiro atoms. The molecule has 0 saturated carbocycles. The Balaban J connectivity index is 2.31. The van der Waals surface area contributed by atoms with Crippen molar-refractivity contribution in [3.05, 3.63) is 0 Å². The van der Waals surface area contributed by atoms with Gasteiger partial charge in [-0.1, -0.05) is 0 Å². The maximum absolute atomic E-state index is 5.14. The molecule has 0 saturated heterocycles. The molecule has 0 radical (unpaired) electrons. The van der Waals surface area contributed by atoms with Gasteiger partial charge < -0.3 is 16.5 Å². The molecule has 0 amide bonds. The first-order valence-corrected chi connectivity index (χ1v) is 3.13. The number of rotatable bonds is 1. The Morgan fingerprint density at radius 1 is 1.42 bits per heavy atom. The predicted molar refractivity (Wildman–Crippen MR) is 42.4 cm³/mol. The maximum Gasteiger partial charge on any atom is 0.233 e. The Morgan fingerprint density at radius 3 is 2.92 bits per heavy atom. The van der Waals surface area contributed by atoms with Crippen molar-refractivity contribution in [3.63, 3.8) is 0 Å². The first kappa shape index (κ1) is 6.73. The molecule has 0 aliphatic carbocycles. The van der Waals surface area contributed by atoms with Crippen LogP contribution in [0.4, 0.5) is 17.6 Å². The second-order valence-corrected chi connectivity index (χ2v) is 2.13. The number of aromatic amines is 1. The van der Waals surface area contributed by atoms with Crippen LogP contribution in [0.5, 0.6) is 0 Å². The first-order chi connectivity index (χ1) is 5.75. The first-order valence-electron chi connectivity index (χ1n) is 3.13. The number of aliphatic imine (C=N–C) groups is 1. The second kappa shape index (κ2) is 2.27. The number of nitrogens with one attached hydrogen (secondary N) is 3. The summed E-state index contributed by atoms with van der Waals surface area (Å²) in [4.78, 5) is 15.0. The third kappa shape index (κ3) is 0.992. The van der Waals surface area contributed by atoms with E-state index in [1.165, 1.54) is 0 Å². The fourth-order valence-corrected chi connectivity index (χ4v) is 0.809. The van der Waals surface area contributed by atoms with Crippen molar-refractivity contribution in [1.82, 2.24) is 9.97 Å². The van der Waals surface area contributed by atoms with Crippen LogP contribution in [-0.2, 0) is 4.94 Å². The molecular weight excluding hydrogens is 162 g/mol. The van der Waals surface area contributed by atoms with Crippen LogP contribution in [0.3, 0.4) is 0 Å². The lowest BCUT2D eigenvalue weighted by molar-refractivity contribution is 0.279. The number of aromatic nitrogens is 2. The van der Waals surface area contributed by atoms with Crippen molar-refractivity contribution in [3.8, 4) is 0 Å². The molecule has 2 rings (SSSR count). The second-order valence-electron chi connectivity index (χ2n) is 2.13. The summed E-state index contributed by atoms with van der Waals surface area (Å²) < 4.78 is 0. The number of nitrogens with two attached hydrogens (primary N) is 2. The van der Waals surface area contributed by atoms with E-state index < -0.39 is 0 Å². The topological polar surface area (TPSA) is 126 Å². The van der Waals surface area contributed by atoms with E-state index in [1.54, 1.807) is 0 Å². The minimum atomic E-state index is -0.0525. The highest BCUT2D eigenvalue weighted by Crippen LogP contribution is 2.26. The molecule has 1 aliphatic rings. The monoisotopic (exact) mass is 169 g/mol. The summed E-state index contributed by atoms with van der Waals surface area (Å²) in [6.45, 7) is 0. The van der Waals surface area contributed by atoms with Crippen molar-refractivity contribution in [2.24, 2.45) is 16.5 Å². The van der Waals surface area contributed by atoms with Gasteiger partial charge in [-0.05, 0) is 0 Å². The highest BCUT2D eigenvalue weighted by molar-refractivity contribution is 5.78. The third-order valence-electron chi connectivity index (χ3n) is 1.23. The lowest BCUT2D eigenvalue weighted by Gasteiger charge is -1.91. The summed E-state index contributed by atoms with van der Waals surface area (Å²) in [5.74, 6) is 1.39. The van der Waals surface area contributed by atoms with Gasteiger partial charge in [0.05, 0.1) is 0 Å². The van der Waals surface area contributed by atoms with Crippen LogP contribution in [0, 0.1) is 0 Å². The van der Waals surface area contributed by atoms with Crippen molar-refractivity contribution in [2.75, 3.05) is 11.0 Å². The highest BCUT2D eigenvalue weighted by Gasteiger charge is 2.15. The zero-order valence-electron chi connectivity index (χ0n) is 5.96. The van der Waals surface area contributed by atoms with Gasteiger partial charge in [-0.25, -0.2) is 11.0 Å². The number of imidazole rings is 1. The van der Waals surface area contributed by atoms with Crippen LogP contribution in [0.2, 0.25) is 0 Å². The largest absolute Gasteiger partial charge is 0.370 e. The molecule has 0 aromatic carbocycles.